The first-order valence-electron chi connectivity index (χ1n) is 5.15. The molecule has 0 radical (unpaired) electrons. The second kappa shape index (κ2) is 3.26. The van der Waals surface area contributed by atoms with Crippen LogP contribution in [-0.2, 0) is 4.79 Å². The molecule has 2 fully saturated rings. The van der Waals surface area contributed by atoms with Crippen LogP contribution in [-0.4, -0.2) is 35.0 Å². The van der Waals surface area contributed by atoms with Crippen LogP contribution < -0.4 is 0 Å². The Morgan fingerprint density at radius 3 is 2.36 bits per heavy atom. The molecule has 0 aromatic carbocycles. The molecule has 2 rings (SSSR count). The van der Waals surface area contributed by atoms with Crippen molar-refractivity contribution in [3.8, 4) is 0 Å². The van der Waals surface area contributed by atoms with Crippen LogP contribution in [0.15, 0.2) is 0 Å². The second-order valence-electron chi connectivity index (χ2n) is 4.33. The molecule has 1 N–H and O–H groups in total. The summed E-state index contributed by atoms with van der Waals surface area (Å²) in [7, 11) is 0. The molecule has 1 saturated heterocycles. The van der Waals surface area contributed by atoms with E-state index in [4.69, 9.17) is 5.11 Å². The van der Waals surface area contributed by atoms with Gasteiger partial charge in [-0.3, -0.25) is 4.79 Å². The summed E-state index contributed by atoms with van der Waals surface area (Å²) < 4.78 is 0. The van der Waals surface area contributed by atoms with E-state index in [1.807, 2.05) is 0 Å². The Kier molecular flexibility index (Phi) is 2.21. The van der Waals surface area contributed by atoms with Gasteiger partial charge in [0.05, 0.1) is 0 Å². The van der Waals surface area contributed by atoms with Gasteiger partial charge in [-0.05, 0) is 25.7 Å². The first-order chi connectivity index (χ1) is 6.64. The summed E-state index contributed by atoms with van der Waals surface area (Å²) in [6.45, 7) is 1.06. The van der Waals surface area contributed by atoms with E-state index >= 15 is 0 Å². The number of carbonyl (C=O) groups is 2. The van der Waals surface area contributed by atoms with Gasteiger partial charge in [0.1, 0.15) is 5.78 Å². The number of carboxylic acid groups (broad SMARTS) is 1. The number of amides is 1. The van der Waals surface area contributed by atoms with Crippen molar-refractivity contribution in [3.63, 3.8) is 0 Å². The van der Waals surface area contributed by atoms with Gasteiger partial charge in [0.25, 0.3) is 0 Å². The molecule has 78 valence electrons. The standard InChI is InChI=1S/C10H15NO3/c12-8-2-1-3-10(8)4-6-11(7-5-10)9(13)14/h1-7H2,(H,13,14). The van der Waals surface area contributed by atoms with Gasteiger partial charge in [-0.15, -0.1) is 0 Å². The molecule has 0 aromatic heterocycles. The minimum atomic E-state index is -0.856. The van der Waals surface area contributed by atoms with E-state index in [2.05, 4.69) is 0 Å². The average molecular weight is 197 g/mol. The van der Waals surface area contributed by atoms with Crippen LogP contribution in [0.25, 0.3) is 0 Å². The predicted octanol–water partition coefficient (Wildman–Crippen LogP) is 1.50. The third-order valence-corrected chi connectivity index (χ3v) is 3.64. The van der Waals surface area contributed by atoms with Crippen LogP contribution in [0.2, 0.25) is 0 Å². The summed E-state index contributed by atoms with van der Waals surface area (Å²) in [5.41, 5.74) is -0.147. The van der Waals surface area contributed by atoms with Crippen molar-refractivity contribution in [2.75, 3.05) is 13.1 Å². The van der Waals surface area contributed by atoms with E-state index in [1.165, 1.54) is 4.90 Å². The van der Waals surface area contributed by atoms with Gasteiger partial charge in [0, 0.05) is 24.9 Å². The van der Waals surface area contributed by atoms with E-state index < -0.39 is 6.09 Å². The van der Waals surface area contributed by atoms with Crippen molar-refractivity contribution in [2.24, 2.45) is 5.41 Å². The lowest BCUT2D eigenvalue weighted by Gasteiger charge is -2.36. The minimum absolute atomic E-state index is 0.147. The molecule has 4 nitrogen and oxygen atoms in total. The fourth-order valence-electron chi connectivity index (χ4n) is 2.65. The van der Waals surface area contributed by atoms with Gasteiger partial charge in [0.15, 0.2) is 0 Å². The molecular formula is C10H15NO3. The summed E-state index contributed by atoms with van der Waals surface area (Å²) >= 11 is 0. The fourth-order valence-corrected chi connectivity index (χ4v) is 2.65. The summed E-state index contributed by atoms with van der Waals surface area (Å²) in [5.74, 6) is 0.363. The van der Waals surface area contributed by atoms with Crippen LogP contribution in [0.4, 0.5) is 4.79 Å². The van der Waals surface area contributed by atoms with Crippen molar-refractivity contribution < 1.29 is 14.7 Å². The molecule has 1 aliphatic carbocycles. The molecule has 4 heteroatoms. The Morgan fingerprint density at radius 2 is 1.93 bits per heavy atom. The molecule has 1 saturated carbocycles. The van der Waals surface area contributed by atoms with Crippen molar-refractivity contribution in [1.29, 1.82) is 0 Å². The van der Waals surface area contributed by atoms with Crippen LogP contribution in [0, 0.1) is 5.41 Å². The van der Waals surface area contributed by atoms with Gasteiger partial charge < -0.3 is 10.0 Å². The molecule has 1 heterocycles. The number of nitrogens with zero attached hydrogens (tertiary/aromatic N) is 1. The molecule has 0 bridgehead atoms. The summed E-state index contributed by atoms with van der Waals surface area (Å²) in [6.07, 6.45) is 3.28. The molecule has 0 atom stereocenters. The van der Waals surface area contributed by atoms with Crippen LogP contribution in [0.3, 0.4) is 0 Å². The normalized spacial score (nSPS) is 25.7. The lowest BCUT2D eigenvalue weighted by molar-refractivity contribution is -0.128. The molecule has 1 aliphatic heterocycles. The minimum Gasteiger partial charge on any atom is -0.465 e. The van der Waals surface area contributed by atoms with Gasteiger partial charge in [0.2, 0.25) is 0 Å². The zero-order chi connectivity index (χ0) is 10.2. The van der Waals surface area contributed by atoms with Gasteiger partial charge in [-0.2, -0.15) is 0 Å². The lowest BCUT2D eigenvalue weighted by Crippen LogP contribution is -2.44. The van der Waals surface area contributed by atoms with Gasteiger partial charge in [-0.25, -0.2) is 4.79 Å². The summed E-state index contributed by atoms with van der Waals surface area (Å²) in [6, 6.07) is 0. The number of ketones is 1. The first kappa shape index (κ1) is 9.49. The molecule has 14 heavy (non-hydrogen) atoms. The maximum Gasteiger partial charge on any atom is 0.407 e. The zero-order valence-corrected chi connectivity index (χ0v) is 8.16. The van der Waals surface area contributed by atoms with E-state index in [9.17, 15) is 9.59 Å². The number of hydrogen-bond acceptors (Lipinski definition) is 2. The van der Waals surface area contributed by atoms with E-state index in [0.717, 1.165) is 25.7 Å². The Morgan fingerprint density at radius 1 is 1.29 bits per heavy atom. The first-order valence-corrected chi connectivity index (χ1v) is 5.15. The summed E-state index contributed by atoms with van der Waals surface area (Å²) in [4.78, 5) is 23.8. The van der Waals surface area contributed by atoms with Gasteiger partial charge in [-0.1, -0.05) is 0 Å². The predicted molar refractivity (Wildman–Crippen MR) is 50.1 cm³/mol. The number of piperidine rings is 1. The molecule has 0 unspecified atom stereocenters. The average Bonchev–Trinajstić information content (AvgIpc) is 2.49. The third-order valence-electron chi connectivity index (χ3n) is 3.64. The Labute approximate surface area is 82.9 Å². The zero-order valence-electron chi connectivity index (χ0n) is 8.16. The van der Waals surface area contributed by atoms with Crippen LogP contribution in [0.5, 0.6) is 0 Å². The molecule has 1 spiro atoms. The number of hydrogen-bond donors (Lipinski definition) is 1. The molecule has 2 aliphatic rings. The van der Waals surface area contributed by atoms with Crippen molar-refractivity contribution in [1.82, 2.24) is 4.90 Å². The van der Waals surface area contributed by atoms with E-state index in [1.54, 1.807) is 0 Å². The third kappa shape index (κ3) is 1.38. The lowest BCUT2D eigenvalue weighted by atomic mass is 9.76. The maximum atomic E-state index is 11.7. The largest absolute Gasteiger partial charge is 0.465 e. The highest BCUT2D eigenvalue weighted by Gasteiger charge is 2.44. The quantitative estimate of drug-likeness (QED) is 0.640. The monoisotopic (exact) mass is 197 g/mol. The van der Waals surface area contributed by atoms with Crippen molar-refractivity contribution >= 4 is 11.9 Å². The Balaban J connectivity index is 2.01. The highest BCUT2D eigenvalue weighted by atomic mass is 16.4. The molecular weight excluding hydrogens is 182 g/mol. The Hall–Kier alpha value is -1.06. The van der Waals surface area contributed by atoms with Crippen LogP contribution >= 0.6 is 0 Å². The topological polar surface area (TPSA) is 57.6 Å². The Bertz CT molecular complexity index is 267. The van der Waals surface area contributed by atoms with Crippen molar-refractivity contribution in [2.45, 2.75) is 32.1 Å². The number of Topliss-reactive ketones (excluding diaryl/α,β-unsaturated/α-hetero) is 1. The number of carbonyl (C=O) groups excluding carboxylic acids is 1. The highest BCUT2D eigenvalue weighted by Crippen LogP contribution is 2.43. The number of likely N-dealkylation sites (tertiary alicyclic amines) is 1. The molecule has 0 aromatic rings. The smallest absolute Gasteiger partial charge is 0.407 e. The van der Waals surface area contributed by atoms with E-state index in [-0.39, 0.29) is 5.41 Å². The van der Waals surface area contributed by atoms with E-state index in [0.29, 0.717) is 25.3 Å². The van der Waals surface area contributed by atoms with Gasteiger partial charge >= 0.3 is 6.09 Å². The highest BCUT2D eigenvalue weighted by molar-refractivity contribution is 5.87. The summed E-state index contributed by atoms with van der Waals surface area (Å²) in [5, 5.41) is 8.78. The molecule has 1 amide bonds. The second-order valence-corrected chi connectivity index (χ2v) is 4.33. The number of rotatable bonds is 0. The fraction of sp³-hybridized carbons (Fsp3) is 0.800. The van der Waals surface area contributed by atoms with Crippen molar-refractivity contribution in [3.05, 3.63) is 0 Å². The maximum absolute atomic E-state index is 11.7. The SMILES string of the molecule is O=C(O)N1CCC2(CCCC2=O)CC1. The van der Waals surface area contributed by atoms with Crippen LogP contribution in [0.1, 0.15) is 32.1 Å².